The van der Waals surface area contributed by atoms with Crippen molar-refractivity contribution < 1.29 is 17.9 Å². The van der Waals surface area contributed by atoms with E-state index in [1.807, 2.05) is 36.5 Å². The first-order valence-electron chi connectivity index (χ1n) is 11.7. The first kappa shape index (κ1) is 25.0. The number of nitrogens with one attached hydrogen (secondary N) is 1. The molecular formula is C27H31N3O4S. The van der Waals surface area contributed by atoms with Gasteiger partial charge in [0.05, 0.1) is 24.2 Å². The number of aromatic nitrogens is 1. The van der Waals surface area contributed by atoms with E-state index in [9.17, 15) is 13.2 Å². The zero-order chi connectivity index (χ0) is 24.8. The Bertz CT molecular complexity index is 1250. The van der Waals surface area contributed by atoms with Gasteiger partial charge in [-0.25, -0.2) is 8.42 Å². The molecule has 4 rings (SSSR count). The molecule has 0 aliphatic carbocycles. The van der Waals surface area contributed by atoms with E-state index in [0.29, 0.717) is 28.8 Å². The second-order valence-electron chi connectivity index (χ2n) is 8.93. The number of carbonyl (C=O) groups excluding carboxylic acids is 1. The van der Waals surface area contributed by atoms with Crippen LogP contribution in [0.25, 0.3) is 11.3 Å². The lowest BCUT2D eigenvalue weighted by Gasteiger charge is -2.32. The average Bonchev–Trinajstić information content (AvgIpc) is 2.88. The summed E-state index contributed by atoms with van der Waals surface area (Å²) in [5.74, 6) is 0.818. The Labute approximate surface area is 207 Å². The zero-order valence-corrected chi connectivity index (χ0v) is 20.9. The fourth-order valence-electron chi connectivity index (χ4n) is 4.22. The van der Waals surface area contributed by atoms with Crippen LogP contribution in [-0.2, 0) is 16.4 Å². The van der Waals surface area contributed by atoms with Gasteiger partial charge in [-0.15, -0.1) is 0 Å². The summed E-state index contributed by atoms with van der Waals surface area (Å²) in [5, 5.41) is 3.61. The highest BCUT2D eigenvalue weighted by Crippen LogP contribution is 2.20. The van der Waals surface area contributed by atoms with Crippen LogP contribution in [0.15, 0.2) is 71.8 Å². The van der Waals surface area contributed by atoms with Crippen molar-refractivity contribution in [1.29, 1.82) is 0 Å². The molecule has 184 valence electrons. The summed E-state index contributed by atoms with van der Waals surface area (Å²) >= 11 is 0. The molecule has 0 saturated carbocycles. The molecule has 2 heterocycles. The zero-order valence-electron chi connectivity index (χ0n) is 20.1. The third-order valence-electron chi connectivity index (χ3n) is 6.34. The molecule has 8 heteroatoms. The fraction of sp³-hybridized carbons (Fsp3) is 0.333. The quantitative estimate of drug-likeness (QED) is 0.456. The van der Waals surface area contributed by atoms with E-state index in [1.165, 1.54) is 6.26 Å². The number of methoxy groups -OCH3 is 1. The van der Waals surface area contributed by atoms with Crippen molar-refractivity contribution in [2.75, 3.05) is 33.0 Å². The molecule has 0 radical (unpaired) electrons. The maximum atomic E-state index is 12.6. The van der Waals surface area contributed by atoms with Gasteiger partial charge in [-0.2, -0.15) is 0 Å². The van der Waals surface area contributed by atoms with Crippen LogP contribution in [0.4, 0.5) is 0 Å². The lowest BCUT2D eigenvalue weighted by atomic mass is 10.0. The number of Topliss-reactive ketones (excluding diaryl/α,β-unsaturated/α-hetero) is 1. The molecule has 0 atom stereocenters. The molecule has 2 aromatic carbocycles. The molecule has 1 aliphatic heterocycles. The third-order valence-corrected chi connectivity index (χ3v) is 7.47. The molecule has 1 aliphatic rings. The van der Waals surface area contributed by atoms with E-state index in [-0.39, 0.29) is 5.78 Å². The van der Waals surface area contributed by atoms with E-state index in [1.54, 1.807) is 37.4 Å². The molecule has 0 amide bonds. The van der Waals surface area contributed by atoms with Crippen molar-refractivity contribution in [3.63, 3.8) is 0 Å². The highest BCUT2D eigenvalue weighted by molar-refractivity contribution is 7.90. The van der Waals surface area contributed by atoms with E-state index in [2.05, 4.69) is 15.2 Å². The normalized spacial score (nSPS) is 15.1. The highest BCUT2D eigenvalue weighted by atomic mass is 32.2. The van der Waals surface area contributed by atoms with Gasteiger partial charge in [0, 0.05) is 49.3 Å². The molecule has 0 bridgehead atoms. The Morgan fingerprint density at radius 3 is 2.46 bits per heavy atom. The number of hydrogen-bond acceptors (Lipinski definition) is 7. The van der Waals surface area contributed by atoms with E-state index in [4.69, 9.17) is 4.74 Å². The Morgan fingerprint density at radius 2 is 1.83 bits per heavy atom. The Hall–Kier alpha value is -3.07. The van der Waals surface area contributed by atoms with Crippen molar-refractivity contribution in [2.45, 2.75) is 30.3 Å². The monoisotopic (exact) mass is 493 g/mol. The van der Waals surface area contributed by atoms with Gasteiger partial charge in [0.25, 0.3) is 0 Å². The highest BCUT2D eigenvalue weighted by Gasteiger charge is 2.21. The summed E-state index contributed by atoms with van der Waals surface area (Å²) in [4.78, 5) is 19.7. The number of rotatable bonds is 9. The van der Waals surface area contributed by atoms with E-state index < -0.39 is 9.84 Å². The topological polar surface area (TPSA) is 88.6 Å². The second-order valence-corrected chi connectivity index (χ2v) is 11.0. The molecule has 1 fully saturated rings. The van der Waals surface area contributed by atoms with Gasteiger partial charge in [-0.1, -0.05) is 30.3 Å². The van der Waals surface area contributed by atoms with Gasteiger partial charge >= 0.3 is 0 Å². The van der Waals surface area contributed by atoms with Gasteiger partial charge in [0.15, 0.2) is 15.6 Å². The van der Waals surface area contributed by atoms with Gasteiger partial charge in [0.2, 0.25) is 0 Å². The van der Waals surface area contributed by atoms with Crippen LogP contribution in [-0.4, -0.2) is 63.1 Å². The van der Waals surface area contributed by atoms with Crippen LogP contribution < -0.4 is 10.1 Å². The molecule has 0 unspecified atom stereocenters. The number of sulfone groups is 1. The maximum Gasteiger partial charge on any atom is 0.176 e. The standard InChI is InChI=1S/C27H31N3O4S/c1-34-24-5-3-4-22(16-24)27(31)19-30-14-12-23(13-15-30)28-17-20-6-11-26(29-18-20)21-7-9-25(10-8-21)35(2,32)33/h3-11,16,18,23,28H,12-15,17,19H2,1-2H3. The van der Waals surface area contributed by atoms with Crippen LogP contribution in [0.1, 0.15) is 28.8 Å². The maximum absolute atomic E-state index is 12.6. The minimum absolute atomic E-state index is 0.118. The Morgan fingerprint density at radius 1 is 1.09 bits per heavy atom. The fourth-order valence-corrected chi connectivity index (χ4v) is 4.85. The summed E-state index contributed by atoms with van der Waals surface area (Å²) in [6, 6.07) is 18.5. The molecule has 0 spiro atoms. The minimum atomic E-state index is -3.20. The SMILES string of the molecule is COc1cccc(C(=O)CN2CCC(NCc3ccc(-c4ccc(S(C)(=O)=O)cc4)nc3)CC2)c1. The Balaban J connectivity index is 1.23. The number of ether oxygens (including phenoxy) is 1. The largest absolute Gasteiger partial charge is 0.497 e. The summed E-state index contributed by atoms with van der Waals surface area (Å²) in [7, 11) is -1.60. The molecule has 1 N–H and O–H groups in total. The van der Waals surface area contributed by atoms with E-state index >= 15 is 0 Å². The van der Waals surface area contributed by atoms with Gasteiger partial charge < -0.3 is 10.1 Å². The average molecular weight is 494 g/mol. The number of piperidine rings is 1. The predicted molar refractivity (Wildman–Crippen MR) is 136 cm³/mol. The van der Waals surface area contributed by atoms with Gasteiger partial charge in [0.1, 0.15) is 5.75 Å². The molecule has 1 aromatic heterocycles. The Kier molecular flexibility index (Phi) is 7.95. The molecular weight excluding hydrogens is 462 g/mol. The van der Waals surface area contributed by atoms with Crippen molar-refractivity contribution in [2.24, 2.45) is 0 Å². The van der Waals surface area contributed by atoms with Crippen molar-refractivity contribution >= 4 is 15.6 Å². The first-order valence-corrected chi connectivity index (χ1v) is 13.6. The lowest BCUT2D eigenvalue weighted by molar-refractivity contribution is 0.0903. The molecule has 1 saturated heterocycles. The van der Waals surface area contributed by atoms with Crippen LogP contribution in [0.5, 0.6) is 5.75 Å². The van der Waals surface area contributed by atoms with Crippen LogP contribution in [0.2, 0.25) is 0 Å². The van der Waals surface area contributed by atoms with Crippen LogP contribution in [0, 0.1) is 0 Å². The minimum Gasteiger partial charge on any atom is -0.497 e. The number of pyridine rings is 1. The van der Waals surface area contributed by atoms with E-state index in [0.717, 1.165) is 49.3 Å². The van der Waals surface area contributed by atoms with Crippen LogP contribution in [0.3, 0.4) is 0 Å². The van der Waals surface area contributed by atoms with Gasteiger partial charge in [-0.3, -0.25) is 14.7 Å². The van der Waals surface area contributed by atoms with Crippen molar-refractivity contribution in [3.05, 3.63) is 78.0 Å². The second kappa shape index (κ2) is 11.1. The summed E-state index contributed by atoms with van der Waals surface area (Å²) in [6.07, 6.45) is 5.04. The number of benzene rings is 2. The number of hydrogen-bond donors (Lipinski definition) is 1. The van der Waals surface area contributed by atoms with Gasteiger partial charge in [-0.05, 0) is 48.7 Å². The first-order chi connectivity index (χ1) is 16.8. The lowest BCUT2D eigenvalue weighted by Crippen LogP contribution is -2.44. The number of nitrogens with zero attached hydrogens (tertiary/aromatic N) is 2. The smallest absolute Gasteiger partial charge is 0.176 e. The summed E-state index contributed by atoms with van der Waals surface area (Å²) in [5.41, 5.74) is 3.47. The van der Waals surface area contributed by atoms with Crippen LogP contribution >= 0.6 is 0 Å². The number of carbonyl (C=O) groups is 1. The van der Waals surface area contributed by atoms with Crippen molar-refractivity contribution in [1.82, 2.24) is 15.2 Å². The molecule has 3 aromatic rings. The summed E-state index contributed by atoms with van der Waals surface area (Å²) in [6.45, 7) is 2.92. The predicted octanol–water partition coefficient (Wildman–Crippen LogP) is 3.60. The molecule has 35 heavy (non-hydrogen) atoms. The summed E-state index contributed by atoms with van der Waals surface area (Å²) < 4.78 is 28.5. The number of ketones is 1. The number of likely N-dealkylation sites (tertiary alicyclic amines) is 1. The molecule has 7 nitrogen and oxygen atoms in total. The third kappa shape index (κ3) is 6.75. The van der Waals surface area contributed by atoms with Crippen molar-refractivity contribution in [3.8, 4) is 17.0 Å².